The highest BCUT2D eigenvalue weighted by atomic mass is 79.9. The smallest absolute Gasteiger partial charge is 0.109 e. The number of pyridine rings is 1. The number of aromatic nitrogens is 1. The van der Waals surface area contributed by atoms with Crippen molar-refractivity contribution in [2.75, 3.05) is 0 Å². The van der Waals surface area contributed by atoms with Crippen molar-refractivity contribution in [3.05, 3.63) is 28.5 Å². The van der Waals surface area contributed by atoms with Gasteiger partial charge in [-0.15, -0.1) is 0 Å². The zero-order valence-corrected chi connectivity index (χ0v) is 9.38. The third-order valence-electron chi connectivity index (χ3n) is 3.03. The van der Waals surface area contributed by atoms with E-state index in [9.17, 15) is 0 Å². The lowest BCUT2D eigenvalue weighted by atomic mass is 10.1. The van der Waals surface area contributed by atoms with Crippen LogP contribution in [0.4, 0.5) is 0 Å². The Morgan fingerprint density at radius 2 is 2.15 bits per heavy atom. The second-order valence-corrected chi connectivity index (χ2v) is 4.96. The van der Waals surface area contributed by atoms with E-state index >= 15 is 0 Å². The molecule has 13 heavy (non-hydrogen) atoms. The maximum Gasteiger partial charge on any atom is 0.109 e. The summed E-state index contributed by atoms with van der Waals surface area (Å²) in [6.45, 7) is 4.39. The molecule has 1 heterocycles. The van der Waals surface area contributed by atoms with Gasteiger partial charge in [-0.3, -0.25) is 0 Å². The summed E-state index contributed by atoms with van der Waals surface area (Å²) in [5, 5.41) is 0. The van der Waals surface area contributed by atoms with Gasteiger partial charge in [0.05, 0.1) is 0 Å². The Kier molecular flexibility index (Phi) is 1.96. The van der Waals surface area contributed by atoms with Crippen LogP contribution in [0, 0.1) is 5.41 Å². The van der Waals surface area contributed by atoms with Gasteiger partial charge in [-0.1, -0.05) is 19.9 Å². The van der Waals surface area contributed by atoms with Crippen molar-refractivity contribution in [2.45, 2.75) is 25.8 Å². The van der Waals surface area contributed by atoms with Crippen LogP contribution in [0.5, 0.6) is 0 Å². The fourth-order valence-electron chi connectivity index (χ4n) is 1.90. The second-order valence-electron chi connectivity index (χ2n) is 4.21. The van der Waals surface area contributed by atoms with E-state index < -0.39 is 0 Å². The minimum Gasteiger partial charge on any atom is -0.327 e. The zero-order chi connectivity index (χ0) is 9.64. The van der Waals surface area contributed by atoms with Crippen molar-refractivity contribution in [3.63, 3.8) is 0 Å². The van der Waals surface area contributed by atoms with Crippen LogP contribution in [0.1, 0.15) is 25.3 Å². The minimum atomic E-state index is 0.228. The molecule has 1 saturated carbocycles. The van der Waals surface area contributed by atoms with Gasteiger partial charge in [-0.05, 0) is 33.0 Å². The van der Waals surface area contributed by atoms with Crippen LogP contribution in [0.25, 0.3) is 0 Å². The van der Waals surface area contributed by atoms with Crippen molar-refractivity contribution in [1.82, 2.24) is 4.98 Å². The van der Waals surface area contributed by atoms with Gasteiger partial charge in [0.1, 0.15) is 4.60 Å². The van der Waals surface area contributed by atoms with Gasteiger partial charge in [0.25, 0.3) is 0 Å². The van der Waals surface area contributed by atoms with Crippen molar-refractivity contribution in [1.29, 1.82) is 0 Å². The molecule has 1 aromatic heterocycles. The summed E-state index contributed by atoms with van der Waals surface area (Å²) in [7, 11) is 0. The molecule has 0 amide bonds. The van der Waals surface area contributed by atoms with Gasteiger partial charge in [-0.25, -0.2) is 4.98 Å². The van der Waals surface area contributed by atoms with Gasteiger partial charge >= 0.3 is 0 Å². The Balaban J connectivity index is 2.34. The fraction of sp³-hybridized carbons (Fsp3) is 0.500. The number of nitrogens with two attached hydrogens (primary N) is 1. The molecule has 0 saturated heterocycles. The van der Waals surface area contributed by atoms with E-state index in [-0.39, 0.29) is 11.5 Å². The van der Waals surface area contributed by atoms with E-state index in [0.717, 1.165) is 4.60 Å². The summed E-state index contributed by atoms with van der Waals surface area (Å²) in [4.78, 5) is 4.20. The molecule has 2 N–H and O–H groups in total. The third-order valence-corrected chi connectivity index (χ3v) is 3.70. The standard InChI is InChI=1S/C10H13BrN2/c1-10(2)7(8(10)12)6-4-3-5-13-9(6)11/h3-5,7-8H,12H2,1-2H3. The van der Waals surface area contributed by atoms with Gasteiger partial charge in [0.15, 0.2) is 0 Å². The Bertz CT molecular complexity index is 335. The average molecular weight is 241 g/mol. The normalized spacial score (nSPS) is 30.2. The van der Waals surface area contributed by atoms with E-state index in [2.05, 4.69) is 40.8 Å². The van der Waals surface area contributed by atoms with Gasteiger partial charge in [-0.2, -0.15) is 0 Å². The Hall–Kier alpha value is -0.410. The van der Waals surface area contributed by atoms with Gasteiger partial charge in [0.2, 0.25) is 0 Å². The van der Waals surface area contributed by atoms with Crippen LogP contribution in [0.2, 0.25) is 0 Å². The topological polar surface area (TPSA) is 38.9 Å². The van der Waals surface area contributed by atoms with Crippen LogP contribution in [-0.2, 0) is 0 Å². The first-order chi connectivity index (χ1) is 6.05. The summed E-state index contributed by atoms with van der Waals surface area (Å²) in [6, 6.07) is 4.32. The predicted molar refractivity (Wildman–Crippen MR) is 56.4 cm³/mol. The molecule has 0 aromatic carbocycles. The molecular weight excluding hydrogens is 228 g/mol. The maximum atomic E-state index is 6.00. The Morgan fingerprint density at radius 1 is 1.54 bits per heavy atom. The van der Waals surface area contributed by atoms with Crippen molar-refractivity contribution < 1.29 is 0 Å². The first-order valence-corrected chi connectivity index (χ1v) is 5.20. The highest BCUT2D eigenvalue weighted by Gasteiger charge is 2.56. The molecule has 0 radical (unpaired) electrons. The van der Waals surface area contributed by atoms with E-state index in [4.69, 9.17) is 5.73 Å². The number of hydrogen-bond donors (Lipinski definition) is 1. The number of hydrogen-bond acceptors (Lipinski definition) is 2. The summed E-state index contributed by atoms with van der Waals surface area (Å²) in [5.74, 6) is 0.454. The predicted octanol–water partition coefficient (Wildman–Crippen LogP) is 2.29. The van der Waals surface area contributed by atoms with Crippen LogP contribution in [0.15, 0.2) is 22.9 Å². The highest BCUT2D eigenvalue weighted by Crippen LogP contribution is 2.58. The Labute approximate surface area is 86.7 Å². The lowest BCUT2D eigenvalue weighted by molar-refractivity contribution is 0.598. The molecule has 70 valence electrons. The number of halogens is 1. The fourth-order valence-corrected chi connectivity index (χ4v) is 2.40. The van der Waals surface area contributed by atoms with Crippen molar-refractivity contribution in [2.24, 2.45) is 11.1 Å². The Morgan fingerprint density at radius 3 is 2.62 bits per heavy atom. The monoisotopic (exact) mass is 240 g/mol. The molecular formula is C10H13BrN2. The molecule has 1 aliphatic rings. The molecule has 2 atom stereocenters. The van der Waals surface area contributed by atoms with Crippen LogP contribution < -0.4 is 5.73 Å². The van der Waals surface area contributed by atoms with Gasteiger partial charge in [0, 0.05) is 18.2 Å². The van der Waals surface area contributed by atoms with Gasteiger partial charge < -0.3 is 5.73 Å². The molecule has 1 fully saturated rings. The summed E-state index contributed by atoms with van der Waals surface area (Å²) in [6.07, 6.45) is 1.79. The van der Waals surface area contributed by atoms with E-state index in [0.29, 0.717) is 5.92 Å². The lowest BCUT2D eigenvalue weighted by Gasteiger charge is -2.03. The number of nitrogens with zero attached hydrogens (tertiary/aromatic N) is 1. The van der Waals surface area contributed by atoms with Crippen LogP contribution >= 0.6 is 15.9 Å². The van der Waals surface area contributed by atoms with Crippen LogP contribution in [-0.4, -0.2) is 11.0 Å². The summed E-state index contributed by atoms with van der Waals surface area (Å²) in [5.41, 5.74) is 7.46. The molecule has 2 nitrogen and oxygen atoms in total. The molecule has 1 aliphatic carbocycles. The summed E-state index contributed by atoms with van der Waals surface area (Å²) >= 11 is 3.45. The molecule has 1 aromatic rings. The lowest BCUT2D eigenvalue weighted by Crippen LogP contribution is -2.06. The third kappa shape index (κ3) is 1.30. The molecule has 0 bridgehead atoms. The molecule has 0 aliphatic heterocycles. The van der Waals surface area contributed by atoms with E-state index in [1.165, 1.54) is 5.56 Å². The van der Waals surface area contributed by atoms with Crippen LogP contribution in [0.3, 0.4) is 0 Å². The minimum absolute atomic E-state index is 0.228. The first kappa shape index (κ1) is 9.16. The summed E-state index contributed by atoms with van der Waals surface area (Å²) < 4.78 is 0.932. The zero-order valence-electron chi connectivity index (χ0n) is 7.79. The molecule has 3 heteroatoms. The largest absolute Gasteiger partial charge is 0.327 e. The molecule has 0 spiro atoms. The highest BCUT2D eigenvalue weighted by molar-refractivity contribution is 9.10. The van der Waals surface area contributed by atoms with Crippen molar-refractivity contribution >= 4 is 15.9 Å². The molecule has 2 unspecified atom stereocenters. The number of rotatable bonds is 1. The SMILES string of the molecule is CC1(C)C(N)C1c1cccnc1Br. The second kappa shape index (κ2) is 2.79. The molecule has 2 rings (SSSR count). The average Bonchev–Trinajstić information content (AvgIpc) is 2.54. The van der Waals surface area contributed by atoms with Crippen molar-refractivity contribution in [3.8, 4) is 0 Å². The van der Waals surface area contributed by atoms with E-state index in [1.807, 2.05) is 6.07 Å². The quantitative estimate of drug-likeness (QED) is 0.766. The first-order valence-electron chi connectivity index (χ1n) is 4.41. The maximum absolute atomic E-state index is 6.00. The van der Waals surface area contributed by atoms with E-state index in [1.54, 1.807) is 6.20 Å².